The standard InChI is InChI=1S/C15H17F2N3O3/c1-8(18-14(21)22-15(2,3)4)13-19-12(20-23-13)9-5-6-10(16)11(17)7-9/h5-8H,1-4H3,(H,18,21). The van der Waals surface area contributed by atoms with Crippen LogP contribution >= 0.6 is 0 Å². The number of nitrogens with one attached hydrogen (secondary N) is 1. The Labute approximate surface area is 131 Å². The summed E-state index contributed by atoms with van der Waals surface area (Å²) in [5.74, 6) is -1.75. The molecule has 1 unspecified atom stereocenters. The fraction of sp³-hybridized carbons (Fsp3) is 0.400. The van der Waals surface area contributed by atoms with Crippen molar-refractivity contribution in [3.63, 3.8) is 0 Å². The topological polar surface area (TPSA) is 77.2 Å². The molecule has 0 bridgehead atoms. The molecule has 0 aliphatic heterocycles. The van der Waals surface area contributed by atoms with Gasteiger partial charge in [-0.2, -0.15) is 4.98 Å². The molecule has 0 spiro atoms. The summed E-state index contributed by atoms with van der Waals surface area (Å²) in [4.78, 5) is 15.8. The molecule has 23 heavy (non-hydrogen) atoms. The molecule has 2 aromatic rings. The fourth-order valence-corrected chi connectivity index (χ4v) is 1.71. The Kier molecular flexibility index (Phi) is 4.63. The van der Waals surface area contributed by atoms with Gasteiger partial charge in [0.15, 0.2) is 11.6 Å². The van der Waals surface area contributed by atoms with E-state index in [1.54, 1.807) is 27.7 Å². The zero-order chi connectivity index (χ0) is 17.2. The zero-order valence-corrected chi connectivity index (χ0v) is 13.2. The minimum atomic E-state index is -1.01. The van der Waals surface area contributed by atoms with Crippen molar-refractivity contribution in [3.05, 3.63) is 35.7 Å². The first kappa shape index (κ1) is 16.9. The van der Waals surface area contributed by atoms with Gasteiger partial charge in [-0.15, -0.1) is 0 Å². The van der Waals surface area contributed by atoms with Crippen molar-refractivity contribution in [2.24, 2.45) is 0 Å². The van der Waals surface area contributed by atoms with Gasteiger partial charge in [-0.25, -0.2) is 13.6 Å². The lowest BCUT2D eigenvalue weighted by Gasteiger charge is -2.20. The maximum atomic E-state index is 13.2. The van der Waals surface area contributed by atoms with Crippen molar-refractivity contribution in [1.29, 1.82) is 0 Å². The van der Waals surface area contributed by atoms with Crippen LogP contribution in [0.2, 0.25) is 0 Å². The van der Waals surface area contributed by atoms with E-state index >= 15 is 0 Å². The van der Waals surface area contributed by atoms with Crippen molar-refractivity contribution >= 4 is 6.09 Å². The number of carbonyl (C=O) groups is 1. The number of halogens is 2. The van der Waals surface area contributed by atoms with Gasteiger partial charge in [0.2, 0.25) is 11.7 Å². The maximum Gasteiger partial charge on any atom is 0.408 e. The van der Waals surface area contributed by atoms with Crippen LogP contribution in [-0.4, -0.2) is 21.8 Å². The van der Waals surface area contributed by atoms with Crippen LogP contribution in [-0.2, 0) is 4.74 Å². The Hall–Kier alpha value is -2.51. The number of rotatable bonds is 3. The number of alkyl carbamates (subject to hydrolysis) is 1. The minimum absolute atomic E-state index is 0.0942. The van der Waals surface area contributed by atoms with Crippen molar-refractivity contribution in [3.8, 4) is 11.4 Å². The lowest BCUT2D eigenvalue weighted by Crippen LogP contribution is -2.34. The number of hydrogen-bond donors (Lipinski definition) is 1. The van der Waals surface area contributed by atoms with E-state index in [1.807, 2.05) is 0 Å². The SMILES string of the molecule is CC(NC(=O)OC(C)(C)C)c1nc(-c2ccc(F)c(F)c2)no1. The van der Waals surface area contributed by atoms with Crippen LogP contribution in [0.15, 0.2) is 22.7 Å². The van der Waals surface area contributed by atoms with Gasteiger partial charge in [0.25, 0.3) is 0 Å². The number of nitrogens with zero attached hydrogens (tertiary/aromatic N) is 2. The van der Waals surface area contributed by atoms with Crippen LogP contribution in [0.4, 0.5) is 13.6 Å². The Morgan fingerprint density at radius 3 is 2.61 bits per heavy atom. The van der Waals surface area contributed by atoms with Crippen molar-refractivity contribution in [1.82, 2.24) is 15.5 Å². The van der Waals surface area contributed by atoms with Crippen molar-refractivity contribution < 1.29 is 22.8 Å². The summed E-state index contributed by atoms with van der Waals surface area (Å²) in [6.45, 7) is 6.86. The molecular weight excluding hydrogens is 308 g/mol. The second-order valence-electron chi connectivity index (χ2n) is 5.95. The molecule has 1 aromatic heterocycles. The van der Waals surface area contributed by atoms with E-state index in [4.69, 9.17) is 9.26 Å². The van der Waals surface area contributed by atoms with Gasteiger partial charge in [0.1, 0.15) is 11.6 Å². The number of carbonyl (C=O) groups excluding carboxylic acids is 1. The third-order valence-electron chi connectivity index (χ3n) is 2.72. The van der Waals surface area contributed by atoms with Crippen LogP contribution in [0.5, 0.6) is 0 Å². The number of aromatic nitrogens is 2. The van der Waals surface area contributed by atoms with Crippen LogP contribution in [0, 0.1) is 11.6 Å². The van der Waals surface area contributed by atoms with E-state index in [0.29, 0.717) is 0 Å². The summed E-state index contributed by atoms with van der Waals surface area (Å²) >= 11 is 0. The number of amides is 1. The molecule has 0 radical (unpaired) electrons. The maximum absolute atomic E-state index is 13.2. The molecule has 8 heteroatoms. The lowest BCUT2D eigenvalue weighted by molar-refractivity contribution is 0.0499. The van der Waals surface area contributed by atoms with Crippen molar-refractivity contribution in [2.75, 3.05) is 0 Å². The first-order valence-corrected chi connectivity index (χ1v) is 6.94. The van der Waals surface area contributed by atoms with Gasteiger partial charge in [-0.05, 0) is 45.9 Å². The molecule has 124 valence electrons. The van der Waals surface area contributed by atoms with Gasteiger partial charge >= 0.3 is 6.09 Å². The van der Waals surface area contributed by atoms with Gasteiger partial charge in [0, 0.05) is 5.56 Å². The molecule has 2 rings (SSSR count). The van der Waals surface area contributed by atoms with Crippen LogP contribution < -0.4 is 5.32 Å². The summed E-state index contributed by atoms with van der Waals surface area (Å²) < 4.78 is 36.3. The molecule has 1 atom stereocenters. The molecule has 6 nitrogen and oxygen atoms in total. The molecule has 0 aliphatic carbocycles. The monoisotopic (exact) mass is 325 g/mol. The highest BCUT2D eigenvalue weighted by molar-refractivity contribution is 5.68. The zero-order valence-electron chi connectivity index (χ0n) is 13.2. The summed E-state index contributed by atoms with van der Waals surface area (Å²) in [6.07, 6.45) is -0.627. The summed E-state index contributed by atoms with van der Waals surface area (Å²) in [6, 6.07) is 2.68. The lowest BCUT2D eigenvalue weighted by atomic mass is 10.2. The van der Waals surface area contributed by atoms with Gasteiger partial charge in [0.05, 0.1) is 0 Å². The van der Waals surface area contributed by atoms with Crippen LogP contribution in [0.3, 0.4) is 0 Å². The van der Waals surface area contributed by atoms with Gasteiger partial charge in [-0.1, -0.05) is 5.16 Å². The summed E-state index contributed by atoms with van der Waals surface area (Å²) in [7, 11) is 0. The highest BCUT2D eigenvalue weighted by Crippen LogP contribution is 2.21. The third-order valence-corrected chi connectivity index (χ3v) is 2.72. The summed E-state index contributed by atoms with van der Waals surface area (Å²) in [5.41, 5.74) is -0.363. The Bertz CT molecular complexity index is 710. The molecule has 1 heterocycles. The Balaban J connectivity index is 2.09. The average molecular weight is 325 g/mol. The van der Waals surface area contributed by atoms with Crippen molar-refractivity contribution in [2.45, 2.75) is 39.3 Å². The molecule has 0 aliphatic rings. The number of ether oxygens (including phenoxy) is 1. The van der Waals surface area contributed by atoms with Crippen LogP contribution in [0.1, 0.15) is 39.6 Å². The minimum Gasteiger partial charge on any atom is -0.444 e. The highest BCUT2D eigenvalue weighted by Gasteiger charge is 2.21. The van der Waals surface area contributed by atoms with Gasteiger partial charge < -0.3 is 14.6 Å². The quantitative estimate of drug-likeness (QED) is 0.933. The third kappa shape index (κ3) is 4.48. The molecular formula is C15H17F2N3O3. The molecule has 1 amide bonds. The predicted molar refractivity (Wildman–Crippen MR) is 77.4 cm³/mol. The smallest absolute Gasteiger partial charge is 0.408 e. The first-order valence-electron chi connectivity index (χ1n) is 6.94. The molecule has 0 saturated heterocycles. The fourth-order valence-electron chi connectivity index (χ4n) is 1.71. The molecule has 0 saturated carbocycles. The Morgan fingerprint density at radius 1 is 1.30 bits per heavy atom. The van der Waals surface area contributed by atoms with E-state index in [0.717, 1.165) is 12.1 Å². The average Bonchev–Trinajstić information content (AvgIpc) is 2.89. The van der Waals surface area contributed by atoms with E-state index in [2.05, 4.69) is 15.5 Å². The first-order chi connectivity index (χ1) is 10.7. The largest absolute Gasteiger partial charge is 0.444 e. The normalized spacial score (nSPS) is 12.8. The van der Waals surface area contributed by atoms with E-state index in [9.17, 15) is 13.6 Å². The predicted octanol–water partition coefficient (Wildman–Crippen LogP) is 3.60. The molecule has 1 N–H and O–H groups in total. The Morgan fingerprint density at radius 2 is 2.00 bits per heavy atom. The van der Waals surface area contributed by atoms with E-state index < -0.39 is 29.4 Å². The van der Waals surface area contributed by atoms with Gasteiger partial charge in [-0.3, -0.25) is 0 Å². The van der Waals surface area contributed by atoms with E-state index in [1.165, 1.54) is 6.07 Å². The second kappa shape index (κ2) is 6.31. The highest BCUT2D eigenvalue weighted by atomic mass is 19.2. The van der Waals surface area contributed by atoms with E-state index in [-0.39, 0.29) is 17.3 Å². The van der Waals surface area contributed by atoms with Crippen LogP contribution in [0.25, 0.3) is 11.4 Å². The molecule has 0 fully saturated rings. The number of benzene rings is 1. The summed E-state index contributed by atoms with van der Waals surface area (Å²) in [5, 5.41) is 6.24. The number of hydrogen-bond acceptors (Lipinski definition) is 5. The molecule has 1 aromatic carbocycles. The second-order valence-corrected chi connectivity index (χ2v) is 5.95.